The molecule has 2 aromatic carbocycles. The normalized spacial score (nSPS) is 17.3. The molecule has 0 spiro atoms. The highest BCUT2D eigenvalue weighted by Crippen LogP contribution is 2.33. The number of carbonyl (C=O) groups is 2. The Labute approximate surface area is 202 Å². The fourth-order valence-electron chi connectivity index (χ4n) is 4.61. The van der Waals surface area contributed by atoms with E-state index in [-0.39, 0.29) is 11.8 Å². The molecule has 0 bridgehead atoms. The van der Waals surface area contributed by atoms with Crippen LogP contribution < -0.4 is 5.32 Å². The zero-order valence-electron chi connectivity index (χ0n) is 20.7. The Bertz CT molecular complexity index is 1080. The highest BCUT2D eigenvalue weighted by molar-refractivity contribution is 6.36. The summed E-state index contributed by atoms with van der Waals surface area (Å²) in [6.45, 7) is 12.8. The van der Waals surface area contributed by atoms with Crippen molar-refractivity contribution < 1.29 is 14.3 Å². The number of amides is 2. The molecule has 34 heavy (non-hydrogen) atoms. The Morgan fingerprint density at radius 1 is 0.941 bits per heavy atom. The SMILES string of the molecule is Cc1ccc(C2=C(Nc3ccc(C(C)C)cc3)C(=O)N(CCCN3CCOCC3)C2=O)c(C)c1. The zero-order chi connectivity index (χ0) is 24.2. The van der Waals surface area contributed by atoms with E-state index in [4.69, 9.17) is 4.74 Å². The van der Waals surface area contributed by atoms with E-state index in [0.717, 1.165) is 61.6 Å². The van der Waals surface area contributed by atoms with Crippen LogP contribution in [0.15, 0.2) is 48.2 Å². The first-order chi connectivity index (χ1) is 16.3. The first-order valence-electron chi connectivity index (χ1n) is 12.2. The molecular formula is C28H35N3O3. The number of anilines is 1. The zero-order valence-corrected chi connectivity index (χ0v) is 20.7. The van der Waals surface area contributed by atoms with E-state index in [0.29, 0.717) is 23.7 Å². The number of morpholine rings is 1. The molecule has 4 rings (SSSR count). The standard InChI is InChI=1S/C28H35N3O3/c1-19(2)22-7-9-23(10-8-22)29-26-25(24-11-6-20(3)18-21(24)4)27(32)31(28(26)33)13-5-12-30-14-16-34-17-15-30/h6-11,18-19,29H,5,12-17H2,1-4H3. The summed E-state index contributed by atoms with van der Waals surface area (Å²) in [5.41, 5.74) is 5.77. The number of imide groups is 1. The van der Waals surface area contributed by atoms with Crippen molar-refractivity contribution in [1.29, 1.82) is 0 Å². The summed E-state index contributed by atoms with van der Waals surface area (Å²) in [6, 6.07) is 14.1. The van der Waals surface area contributed by atoms with Crippen molar-refractivity contribution in [3.63, 3.8) is 0 Å². The van der Waals surface area contributed by atoms with E-state index in [1.807, 2.05) is 38.1 Å². The van der Waals surface area contributed by atoms with Crippen molar-refractivity contribution in [2.24, 2.45) is 0 Å². The largest absolute Gasteiger partial charge is 0.379 e. The number of nitrogens with zero attached hydrogens (tertiary/aromatic N) is 2. The molecule has 2 heterocycles. The molecule has 1 N–H and O–H groups in total. The Kier molecular flexibility index (Phi) is 7.49. The van der Waals surface area contributed by atoms with E-state index < -0.39 is 0 Å². The van der Waals surface area contributed by atoms with Crippen LogP contribution >= 0.6 is 0 Å². The van der Waals surface area contributed by atoms with Gasteiger partial charge in [0.2, 0.25) is 0 Å². The molecule has 0 aromatic heterocycles. The van der Waals surface area contributed by atoms with Crippen molar-refractivity contribution in [2.45, 2.75) is 40.0 Å². The molecule has 0 aliphatic carbocycles. The number of carbonyl (C=O) groups excluding carboxylic acids is 2. The van der Waals surface area contributed by atoms with Gasteiger partial charge in [-0.1, -0.05) is 49.7 Å². The predicted molar refractivity (Wildman–Crippen MR) is 136 cm³/mol. The molecule has 0 atom stereocenters. The number of benzene rings is 2. The predicted octanol–water partition coefficient (Wildman–Crippen LogP) is 4.34. The second kappa shape index (κ2) is 10.5. The Morgan fingerprint density at radius 2 is 1.65 bits per heavy atom. The summed E-state index contributed by atoms with van der Waals surface area (Å²) in [6.07, 6.45) is 0.744. The van der Waals surface area contributed by atoms with Gasteiger partial charge in [0.25, 0.3) is 11.8 Å². The smallest absolute Gasteiger partial charge is 0.278 e. The lowest BCUT2D eigenvalue weighted by Crippen LogP contribution is -2.39. The van der Waals surface area contributed by atoms with Gasteiger partial charge in [0.1, 0.15) is 5.70 Å². The van der Waals surface area contributed by atoms with Gasteiger partial charge in [0, 0.05) is 31.9 Å². The van der Waals surface area contributed by atoms with E-state index in [1.165, 1.54) is 10.5 Å². The van der Waals surface area contributed by atoms with Crippen molar-refractivity contribution in [1.82, 2.24) is 9.80 Å². The van der Waals surface area contributed by atoms with E-state index in [2.05, 4.69) is 42.3 Å². The van der Waals surface area contributed by atoms with Gasteiger partial charge in [-0.15, -0.1) is 0 Å². The van der Waals surface area contributed by atoms with E-state index in [9.17, 15) is 9.59 Å². The molecule has 2 amide bonds. The van der Waals surface area contributed by atoms with Crippen LogP contribution in [0.4, 0.5) is 5.69 Å². The van der Waals surface area contributed by atoms with Crippen LogP contribution in [0.2, 0.25) is 0 Å². The lowest BCUT2D eigenvalue weighted by Gasteiger charge is -2.27. The summed E-state index contributed by atoms with van der Waals surface area (Å²) in [4.78, 5) is 30.8. The monoisotopic (exact) mass is 461 g/mol. The van der Waals surface area contributed by atoms with Crippen LogP contribution in [0, 0.1) is 13.8 Å². The van der Waals surface area contributed by atoms with Crippen molar-refractivity contribution in [3.05, 3.63) is 70.4 Å². The quantitative estimate of drug-likeness (QED) is 0.593. The fraction of sp³-hybridized carbons (Fsp3) is 0.429. The van der Waals surface area contributed by atoms with Crippen LogP contribution in [0.5, 0.6) is 0 Å². The number of hydrogen-bond acceptors (Lipinski definition) is 5. The first-order valence-corrected chi connectivity index (χ1v) is 12.2. The average molecular weight is 462 g/mol. The number of nitrogens with one attached hydrogen (secondary N) is 1. The highest BCUT2D eigenvalue weighted by atomic mass is 16.5. The molecule has 6 heteroatoms. The maximum atomic E-state index is 13.6. The number of hydrogen-bond donors (Lipinski definition) is 1. The van der Waals surface area contributed by atoms with E-state index in [1.54, 1.807) is 0 Å². The van der Waals surface area contributed by atoms with Crippen LogP contribution in [-0.4, -0.2) is 61.0 Å². The number of aryl methyl sites for hydroxylation is 2. The van der Waals surface area contributed by atoms with Gasteiger partial charge >= 0.3 is 0 Å². The average Bonchev–Trinajstić information content (AvgIpc) is 3.04. The van der Waals surface area contributed by atoms with Crippen molar-refractivity contribution >= 4 is 23.1 Å². The second-order valence-corrected chi connectivity index (χ2v) is 9.54. The van der Waals surface area contributed by atoms with Gasteiger partial charge < -0.3 is 10.1 Å². The van der Waals surface area contributed by atoms with Crippen LogP contribution in [0.25, 0.3) is 5.57 Å². The minimum absolute atomic E-state index is 0.222. The first kappa shape index (κ1) is 24.2. The van der Waals surface area contributed by atoms with Crippen LogP contribution in [0.3, 0.4) is 0 Å². The molecule has 0 radical (unpaired) electrons. The Morgan fingerprint density at radius 3 is 2.29 bits per heavy atom. The lowest BCUT2D eigenvalue weighted by atomic mass is 9.97. The summed E-state index contributed by atoms with van der Waals surface area (Å²) in [7, 11) is 0. The maximum absolute atomic E-state index is 13.6. The third-order valence-electron chi connectivity index (χ3n) is 6.63. The van der Waals surface area contributed by atoms with Gasteiger partial charge in [0.15, 0.2) is 0 Å². The second-order valence-electron chi connectivity index (χ2n) is 9.54. The summed E-state index contributed by atoms with van der Waals surface area (Å²) in [5, 5.41) is 3.29. The van der Waals surface area contributed by atoms with Gasteiger partial charge in [-0.05, 0) is 55.0 Å². The maximum Gasteiger partial charge on any atom is 0.278 e. The summed E-state index contributed by atoms with van der Waals surface area (Å²) in [5.74, 6) is -0.0502. The summed E-state index contributed by atoms with van der Waals surface area (Å²) < 4.78 is 5.41. The molecule has 2 aliphatic heterocycles. The minimum atomic E-state index is -0.255. The molecule has 1 fully saturated rings. The highest BCUT2D eigenvalue weighted by Gasteiger charge is 2.39. The topological polar surface area (TPSA) is 61.9 Å². The molecule has 6 nitrogen and oxygen atoms in total. The van der Waals surface area contributed by atoms with Gasteiger partial charge in [-0.3, -0.25) is 19.4 Å². The molecule has 0 saturated carbocycles. The van der Waals surface area contributed by atoms with Crippen molar-refractivity contribution in [3.8, 4) is 0 Å². The molecular weight excluding hydrogens is 426 g/mol. The lowest BCUT2D eigenvalue weighted by molar-refractivity contribution is -0.136. The number of rotatable bonds is 8. The van der Waals surface area contributed by atoms with Gasteiger partial charge in [-0.2, -0.15) is 0 Å². The van der Waals surface area contributed by atoms with Gasteiger partial charge in [0.05, 0.1) is 18.8 Å². The molecule has 180 valence electrons. The molecule has 0 unspecified atom stereocenters. The van der Waals surface area contributed by atoms with E-state index >= 15 is 0 Å². The fourth-order valence-corrected chi connectivity index (χ4v) is 4.61. The van der Waals surface area contributed by atoms with Crippen LogP contribution in [0.1, 0.15) is 48.4 Å². The number of ether oxygens (including phenoxy) is 1. The molecule has 2 aromatic rings. The molecule has 1 saturated heterocycles. The minimum Gasteiger partial charge on any atom is -0.379 e. The van der Waals surface area contributed by atoms with Crippen LogP contribution in [-0.2, 0) is 14.3 Å². The molecule has 2 aliphatic rings. The summed E-state index contributed by atoms with van der Waals surface area (Å²) >= 11 is 0. The van der Waals surface area contributed by atoms with Crippen molar-refractivity contribution in [2.75, 3.05) is 44.7 Å². The van der Waals surface area contributed by atoms with Gasteiger partial charge in [-0.25, -0.2) is 0 Å². The third-order valence-corrected chi connectivity index (χ3v) is 6.63. The third kappa shape index (κ3) is 5.24. The Balaban J connectivity index is 1.59. The Hall–Kier alpha value is -2.96.